The van der Waals surface area contributed by atoms with Gasteiger partial charge in [0.2, 0.25) is 5.91 Å². The molecule has 0 N–H and O–H groups in total. The maximum atomic E-state index is 12.7. The van der Waals surface area contributed by atoms with Gasteiger partial charge in [0.15, 0.2) is 0 Å². The minimum atomic E-state index is 0.226. The molecular formula is C22H30N4O. The number of amides is 1. The van der Waals surface area contributed by atoms with Crippen LogP contribution in [0, 0.1) is 19.8 Å². The van der Waals surface area contributed by atoms with E-state index in [-0.39, 0.29) is 5.92 Å². The SMILES string of the molecule is Cc1cc(C)c(CN2CCC(C(=O)N3CCCC3)CC2)c(-n2cccn2)c1. The molecule has 1 aromatic heterocycles. The summed E-state index contributed by atoms with van der Waals surface area (Å²) in [6, 6.07) is 6.45. The summed E-state index contributed by atoms with van der Waals surface area (Å²) >= 11 is 0. The lowest BCUT2D eigenvalue weighted by atomic mass is 9.94. The molecule has 0 unspecified atom stereocenters. The highest BCUT2D eigenvalue weighted by atomic mass is 16.2. The smallest absolute Gasteiger partial charge is 0.225 e. The number of hydrogen-bond acceptors (Lipinski definition) is 3. The van der Waals surface area contributed by atoms with E-state index in [0.29, 0.717) is 5.91 Å². The number of aryl methyl sites for hydroxylation is 2. The van der Waals surface area contributed by atoms with E-state index in [9.17, 15) is 4.79 Å². The number of hydrogen-bond donors (Lipinski definition) is 0. The minimum Gasteiger partial charge on any atom is -0.342 e. The molecular weight excluding hydrogens is 336 g/mol. The van der Waals surface area contributed by atoms with E-state index in [1.165, 1.54) is 35.2 Å². The van der Waals surface area contributed by atoms with Crippen molar-refractivity contribution in [1.82, 2.24) is 19.6 Å². The first kappa shape index (κ1) is 18.2. The van der Waals surface area contributed by atoms with Crippen LogP contribution in [0.5, 0.6) is 0 Å². The van der Waals surface area contributed by atoms with Gasteiger partial charge in [-0.2, -0.15) is 5.10 Å². The Bertz CT molecular complexity index is 785. The second-order valence-corrected chi connectivity index (χ2v) is 8.11. The molecule has 5 nitrogen and oxygen atoms in total. The molecule has 2 fully saturated rings. The van der Waals surface area contributed by atoms with Crippen LogP contribution in [0.4, 0.5) is 0 Å². The van der Waals surface area contributed by atoms with Crippen molar-refractivity contribution in [2.24, 2.45) is 5.92 Å². The predicted molar refractivity (Wildman–Crippen MR) is 107 cm³/mol. The zero-order valence-corrected chi connectivity index (χ0v) is 16.5. The van der Waals surface area contributed by atoms with E-state index in [0.717, 1.165) is 45.6 Å². The van der Waals surface area contributed by atoms with Gasteiger partial charge in [-0.25, -0.2) is 4.68 Å². The Morgan fingerprint density at radius 2 is 1.85 bits per heavy atom. The number of piperidine rings is 1. The van der Waals surface area contributed by atoms with Crippen LogP contribution in [0.25, 0.3) is 5.69 Å². The van der Waals surface area contributed by atoms with Gasteiger partial charge in [0.25, 0.3) is 0 Å². The number of carbonyl (C=O) groups is 1. The summed E-state index contributed by atoms with van der Waals surface area (Å²) in [6.07, 6.45) is 8.16. The first-order chi connectivity index (χ1) is 13.1. The van der Waals surface area contributed by atoms with Crippen molar-refractivity contribution in [2.45, 2.75) is 46.1 Å². The first-order valence-corrected chi connectivity index (χ1v) is 10.2. The van der Waals surface area contributed by atoms with Crippen LogP contribution >= 0.6 is 0 Å². The summed E-state index contributed by atoms with van der Waals surface area (Å²) in [4.78, 5) is 17.2. The number of aromatic nitrogens is 2. The van der Waals surface area contributed by atoms with E-state index in [1.54, 1.807) is 0 Å². The normalized spacial score (nSPS) is 19.0. The van der Waals surface area contributed by atoms with Crippen molar-refractivity contribution in [2.75, 3.05) is 26.2 Å². The molecule has 0 radical (unpaired) electrons. The van der Waals surface area contributed by atoms with Crippen molar-refractivity contribution in [1.29, 1.82) is 0 Å². The maximum Gasteiger partial charge on any atom is 0.225 e. The number of rotatable bonds is 4. The molecule has 3 heterocycles. The van der Waals surface area contributed by atoms with Gasteiger partial charge >= 0.3 is 0 Å². The van der Waals surface area contributed by atoms with Crippen molar-refractivity contribution in [3.05, 3.63) is 47.3 Å². The van der Waals surface area contributed by atoms with E-state index in [2.05, 4.69) is 40.9 Å². The maximum absolute atomic E-state index is 12.7. The van der Waals surface area contributed by atoms with Crippen LogP contribution in [-0.4, -0.2) is 51.7 Å². The monoisotopic (exact) mass is 366 g/mol. The van der Waals surface area contributed by atoms with Crippen LogP contribution in [-0.2, 0) is 11.3 Å². The van der Waals surface area contributed by atoms with Gasteiger partial charge in [-0.05, 0) is 81.4 Å². The quantitative estimate of drug-likeness (QED) is 0.833. The number of nitrogens with zero attached hydrogens (tertiary/aromatic N) is 4. The van der Waals surface area contributed by atoms with Gasteiger partial charge in [-0.1, -0.05) is 6.07 Å². The second kappa shape index (κ2) is 7.85. The predicted octanol–water partition coefficient (Wildman–Crippen LogP) is 3.32. The van der Waals surface area contributed by atoms with Crippen LogP contribution in [0.2, 0.25) is 0 Å². The number of benzene rings is 1. The molecule has 0 bridgehead atoms. The Labute approximate surface area is 162 Å². The molecule has 2 aliphatic heterocycles. The van der Waals surface area contributed by atoms with Crippen molar-refractivity contribution in [3.63, 3.8) is 0 Å². The summed E-state index contributed by atoms with van der Waals surface area (Å²) in [5, 5.41) is 4.45. The molecule has 0 spiro atoms. The molecule has 1 aromatic carbocycles. The van der Waals surface area contributed by atoms with Crippen LogP contribution in [0.3, 0.4) is 0 Å². The molecule has 0 saturated carbocycles. The van der Waals surface area contributed by atoms with Crippen molar-refractivity contribution in [3.8, 4) is 5.69 Å². The highest BCUT2D eigenvalue weighted by Crippen LogP contribution is 2.26. The first-order valence-electron chi connectivity index (χ1n) is 10.2. The molecule has 4 rings (SSSR count). The number of likely N-dealkylation sites (tertiary alicyclic amines) is 2. The molecule has 1 amide bonds. The number of carbonyl (C=O) groups excluding carboxylic acids is 1. The van der Waals surface area contributed by atoms with E-state index < -0.39 is 0 Å². The Balaban J connectivity index is 1.44. The molecule has 0 atom stereocenters. The second-order valence-electron chi connectivity index (χ2n) is 8.11. The Morgan fingerprint density at radius 1 is 1.11 bits per heavy atom. The third-order valence-corrected chi connectivity index (χ3v) is 6.08. The summed E-state index contributed by atoms with van der Waals surface area (Å²) in [5.41, 5.74) is 5.09. The zero-order chi connectivity index (χ0) is 18.8. The summed E-state index contributed by atoms with van der Waals surface area (Å²) in [7, 11) is 0. The van der Waals surface area contributed by atoms with Crippen LogP contribution in [0.1, 0.15) is 42.4 Å². The van der Waals surface area contributed by atoms with E-state index in [1.807, 2.05) is 23.1 Å². The zero-order valence-electron chi connectivity index (χ0n) is 16.5. The standard InChI is InChI=1S/C22H30N4O/c1-17-14-18(2)20(21(15-17)26-11-5-8-23-26)16-24-12-6-19(7-13-24)22(27)25-9-3-4-10-25/h5,8,11,14-15,19H,3-4,6-7,9-10,12-13,16H2,1-2H3. The molecule has 144 valence electrons. The molecule has 27 heavy (non-hydrogen) atoms. The minimum absolute atomic E-state index is 0.226. The Morgan fingerprint density at radius 3 is 2.52 bits per heavy atom. The third-order valence-electron chi connectivity index (χ3n) is 6.08. The van der Waals surface area contributed by atoms with Gasteiger partial charge in [0, 0.05) is 37.9 Å². The largest absolute Gasteiger partial charge is 0.342 e. The highest BCUT2D eigenvalue weighted by Gasteiger charge is 2.30. The fourth-order valence-electron chi connectivity index (χ4n) is 4.55. The third kappa shape index (κ3) is 3.93. The van der Waals surface area contributed by atoms with Gasteiger partial charge in [-0.3, -0.25) is 9.69 Å². The summed E-state index contributed by atoms with van der Waals surface area (Å²) < 4.78 is 1.97. The van der Waals surface area contributed by atoms with Crippen molar-refractivity contribution >= 4 is 5.91 Å². The van der Waals surface area contributed by atoms with Gasteiger partial charge in [0.05, 0.1) is 5.69 Å². The summed E-state index contributed by atoms with van der Waals surface area (Å²) in [6.45, 7) is 9.18. The molecule has 0 aliphatic carbocycles. The molecule has 2 aromatic rings. The Hall–Kier alpha value is -2.14. The molecule has 2 aliphatic rings. The fraction of sp³-hybridized carbons (Fsp3) is 0.545. The Kier molecular flexibility index (Phi) is 5.30. The topological polar surface area (TPSA) is 41.4 Å². The van der Waals surface area contributed by atoms with Crippen LogP contribution < -0.4 is 0 Å². The summed E-state index contributed by atoms with van der Waals surface area (Å²) in [5.74, 6) is 0.625. The van der Waals surface area contributed by atoms with Crippen LogP contribution in [0.15, 0.2) is 30.6 Å². The lowest BCUT2D eigenvalue weighted by molar-refractivity contribution is -0.136. The van der Waals surface area contributed by atoms with Gasteiger partial charge < -0.3 is 4.90 Å². The lowest BCUT2D eigenvalue weighted by Crippen LogP contribution is -2.41. The van der Waals surface area contributed by atoms with Gasteiger partial charge in [-0.15, -0.1) is 0 Å². The van der Waals surface area contributed by atoms with E-state index >= 15 is 0 Å². The fourth-order valence-corrected chi connectivity index (χ4v) is 4.55. The lowest BCUT2D eigenvalue weighted by Gasteiger charge is -2.33. The van der Waals surface area contributed by atoms with Crippen molar-refractivity contribution < 1.29 is 4.79 Å². The van der Waals surface area contributed by atoms with Gasteiger partial charge in [0.1, 0.15) is 0 Å². The molecule has 2 saturated heterocycles. The van der Waals surface area contributed by atoms with E-state index in [4.69, 9.17) is 0 Å². The highest BCUT2D eigenvalue weighted by molar-refractivity contribution is 5.79. The average molecular weight is 367 g/mol. The molecule has 5 heteroatoms. The average Bonchev–Trinajstić information content (AvgIpc) is 3.37.